The second-order valence-corrected chi connectivity index (χ2v) is 10.1. The van der Waals surface area contributed by atoms with Crippen LogP contribution in [0.5, 0.6) is 5.75 Å². The number of ether oxygens (including phenoxy) is 1. The molecule has 0 atom stereocenters. The fourth-order valence-corrected chi connectivity index (χ4v) is 4.98. The fourth-order valence-electron chi connectivity index (χ4n) is 3.92. The lowest BCUT2D eigenvalue weighted by Crippen LogP contribution is -2.34. The molecule has 0 bridgehead atoms. The lowest BCUT2D eigenvalue weighted by atomic mass is 10.1. The Hall–Kier alpha value is -3.60. The second-order valence-electron chi connectivity index (χ2n) is 8.86. The summed E-state index contributed by atoms with van der Waals surface area (Å²) in [4.78, 5) is 17.8. The Labute approximate surface area is 239 Å². The smallest absolute Gasteiger partial charge is 0.406 e. The number of halogens is 4. The zero-order valence-electron chi connectivity index (χ0n) is 21.5. The van der Waals surface area contributed by atoms with Crippen LogP contribution in [0.4, 0.5) is 13.2 Å². The largest absolute Gasteiger partial charge is 0.573 e. The number of rotatable bonds is 12. The molecular formula is C29H28ClF3N4O2S. The third-order valence-electron chi connectivity index (χ3n) is 5.83. The first-order valence-electron chi connectivity index (χ1n) is 12.6. The molecular weight excluding hydrogens is 561 g/mol. The van der Waals surface area contributed by atoms with Gasteiger partial charge in [0.2, 0.25) is 5.91 Å². The van der Waals surface area contributed by atoms with Gasteiger partial charge < -0.3 is 19.9 Å². The summed E-state index contributed by atoms with van der Waals surface area (Å²) in [5.41, 5.74) is 3.64. The van der Waals surface area contributed by atoms with E-state index in [1.54, 1.807) is 12.1 Å². The minimum Gasteiger partial charge on any atom is -0.406 e. The lowest BCUT2D eigenvalue weighted by Gasteiger charge is -2.12. The Morgan fingerprint density at radius 2 is 1.70 bits per heavy atom. The number of amides is 1. The number of benzene rings is 3. The molecule has 4 rings (SSSR count). The van der Waals surface area contributed by atoms with E-state index >= 15 is 0 Å². The van der Waals surface area contributed by atoms with Gasteiger partial charge in [-0.1, -0.05) is 54.1 Å². The molecule has 0 saturated heterocycles. The number of thiazole rings is 1. The molecule has 0 spiro atoms. The van der Waals surface area contributed by atoms with Gasteiger partial charge in [-0.25, -0.2) is 0 Å². The summed E-state index contributed by atoms with van der Waals surface area (Å²) in [7, 11) is 0. The number of carbonyl (C=O) groups is 1. The van der Waals surface area contributed by atoms with Crippen LogP contribution in [-0.2, 0) is 24.4 Å². The van der Waals surface area contributed by atoms with E-state index in [-0.39, 0.29) is 18.2 Å². The molecule has 2 N–H and O–H groups in total. The van der Waals surface area contributed by atoms with Crippen molar-refractivity contribution < 1.29 is 22.7 Å². The van der Waals surface area contributed by atoms with E-state index in [2.05, 4.69) is 15.4 Å². The van der Waals surface area contributed by atoms with E-state index in [4.69, 9.17) is 16.6 Å². The van der Waals surface area contributed by atoms with Crippen molar-refractivity contribution in [3.63, 3.8) is 0 Å². The van der Waals surface area contributed by atoms with Crippen molar-refractivity contribution >= 4 is 28.8 Å². The number of nitrogens with one attached hydrogen (secondary N) is 2. The van der Waals surface area contributed by atoms with Crippen LogP contribution in [0, 0.1) is 0 Å². The Morgan fingerprint density at radius 1 is 0.975 bits per heavy atom. The molecule has 40 heavy (non-hydrogen) atoms. The summed E-state index contributed by atoms with van der Waals surface area (Å²) in [6.45, 7) is 2.27. The van der Waals surface area contributed by atoms with Gasteiger partial charge in [0.05, 0.1) is 18.8 Å². The standard InChI is InChI=1S/C29H28ClF3N4O2S/c30-24-11-7-22(8-12-24)18-36-28-37(16-4-15-35-27(38)19-34-17-21-5-2-1-3-6-21)26(20-40-28)23-9-13-25(14-10-23)39-29(31,32)33/h1-3,5-14,20,34H,4,15-19H2,(H,35,38). The third kappa shape index (κ3) is 9.25. The summed E-state index contributed by atoms with van der Waals surface area (Å²) in [5.74, 6) is -0.381. The van der Waals surface area contributed by atoms with Gasteiger partial charge in [0.1, 0.15) is 5.75 Å². The predicted octanol–water partition coefficient (Wildman–Crippen LogP) is 6.17. The number of hydrogen-bond acceptors (Lipinski definition) is 5. The lowest BCUT2D eigenvalue weighted by molar-refractivity contribution is -0.274. The Morgan fingerprint density at radius 3 is 2.40 bits per heavy atom. The van der Waals surface area contributed by atoms with Crippen molar-refractivity contribution in [1.29, 1.82) is 0 Å². The zero-order chi connectivity index (χ0) is 28.4. The highest BCUT2D eigenvalue weighted by Crippen LogP contribution is 2.27. The number of aromatic nitrogens is 1. The van der Waals surface area contributed by atoms with E-state index in [1.807, 2.05) is 64.5 Å². The summed E-state index contributed by atoms with van der Waals surface area (Å²) in [6.07, 6.45) is -4.11. The normalized spacial score (nSPS) is 11.9. The number of carbonyl (C=O) groups excluding carboxylic acids is 1. The van der Waals surface area contributed by atoms with Crippen molar-refractivity contribution in [2.75, 3.05) is 13.1 Å². The minimum atomic E-state index is -4.75. The van der Waals surface area contributed by atoms with Crippen LogP contribution >= 0.6 is 22.9 Å². The zero-order valence-corrected chi connectivity index (χ0v) is 23.0. The van der Waals surface area contributed by atoms with Gasteiger partial charge in [-0.15, -0.1) is 24.5 Å². The molecule has 0 fully saturated rings. The number of alkyl halides is 3. The van der Waals surface area contributed by atoms with Gasteiger partial charge in [-0.05, 0) is 59.5 Å². The van der Waals surface area contributed by atoms with Crippen molar-refractivity contribution in [1.82, 2.24) is 15.2 Å². The van der Waals surface area contributed by atoms with Gasteiger partial charge in [0.15, 0.2) is 4.80 Å². The highest BCUT2D eigenvalue weighted by molar-refractivity contribution is 7.07. The maximum Gasteiger partial charge on any atom is 0.573 e. The molecule has 11 heteroatoms. The molecule has 0 aliphatic rings. The van der Waals surface area contributed by atoms with Crippen LogP contribution in [0.1, 0.15) is 17.5 Å². The number of nitrogens with zero attached hydrogens (tertiary/aromatic N) is 2. The van der Waals surface area contributed by atoms with Crippen molar-refractivity contribution in [3.8, 4) is 17.0 Å². The first-order chi connectivity index (χ1) is 19.3. The molecule has 210 valence electrons. The van der Waals surface area contributed by atoms with Crippen LogP contribution in [-0.4, -0.2) is 29.9 Å². The van der Waals surface area contributed by atoms with E-state index < -0.39 is 6.36 Å². The summed E-state index contributed by atoms with van der Waals surface area (Å²) >= 11 is 7.43. The maximum atomic E-state index is 12.6. The average Bonchev–Trinajstić information content (AvgIpc) is 3.33. The molecule has 0 saturated carbocycles. The van der Waals surface area contributed by atoms with Crippen LogP contribution in [0.25, 0.3) is 11.3 Å². The summed E-state index contributed by atoms with van der Waals surface area (Å²) < 4.78 is 43.7. The molecule has 1 heterocycles. The van der Waals surface area contributed by atoms with Crippen LogP contribution in [0.15, 0.2) is 89.2 Å². The molecule has 0 radical (unpaired) electrons. The number of hydrogen-bond donors (Lipinski definition) is 2. The summed E-state index contributed by atoms with van der Waals surface area (Å²) in [6, 6.07) is 23.0. The van der Waals surface area contributed by atoms with Crippen LogP contribution in [0.3, 0.4) is 0 Å². The molecule has 0 aliphatic carbocycles. The van der Waals surface area contributed by atoms with Gasteiger partial charge in [0, 0.05) is 30.0 Å². The monoisotopic (exact) mass is 588 g/mol. The summed E-state index contributed by atoms with van der Waals surface area (Å²) in [5, 5.41) is 8.62. The molecule has 6 nitrogen and oxygen atoms in total. The highest BCUT2D eigenvalue weighted by Gasteiger charge is 2.31. The van der Waals surface area contributed by atoms with E-state index in [0.717, 1.165) is 27.2 Å². The highest BCUT2D eigenvalue weighted by atomic mass is 35.5. The van der Waals surface area contributed by atoms with Gasteiger partial charge in [0.25, 0.3) is 0 Å². The SMILES string of the molecule is O=C(CNCc1ccccc1)NCCCn1c(-c2ccc(OC(F)(F)F)cc2)csc1=NCc1ccc(Cl)cc1. The first-order valence-corrected chi connectivity index (χ1v) is 13.8. The van der Waals surface area contributed by atoms with E-state index in [1.165, 1.54) is 23.5 Å². The maximum absolute atomic E-state index is 12.6. The van der Waals surface area contributed by atoms with Gasteiger partial charge in [-0.2, -0.15) is 0 Å². The third-order valence-corrected chi connectivity index (χ3v) is 6.98. The Balaban J connectivity index is 1.41. The fraction of sp³-hybridized carbons (Fsp3) is 0.241. The van der Waals surface area contributed by atoms with Crippen molar-refractivity contribution in [3.05, 3.63) is 105 Å². The molecule has 0 aliphatic heterocycles. The minimum absolute atomic E-state index is 0.0978. The average molecular weight is 589 g/mol. The van der Waals surface area contributed by atoms with Crippen LogP contribution in [0.2, 0.25) is 5.02 Å². The van der Waals surface area contributed by atoms with Crippen molar-refractivity contribution in [2.24, 2.45) is 4.99 Å². The topological polar surface area (TPSA) is 67.7 Å². The molecule has 1 amide bonds. The second kappa shape index (κ2) is 14.2. The van der Waals surface area contributed by atoms with E-state index in [0.29, 0.717) is 37.6 Å². The molecule has 1 aromatic heterocycles. The molecule has 4 aromatic rings. The van der Waals surface area contributed by atoms with E-state index in [9.17, 15) is 18.0 Å². The quantitative estimate of drug-likeness (QED) is 0.195. The van der Waals surface area contributed by atoms with Crippen molar-refractivity contribution in [2.45, 2.75) is 32.4 Å². The predicted molar refractivity (Wildman–Crippen MR) is 151 cm³/mol. The molecule has 3 aromatic carbocycles. The van der Waals surface area contributed by atoms with Gasteiger partial charge >= 0.3 is 6.36 Å². The molecule has 0 unspecified atom stereocenters. The van der Waals surface area contributed by atoms with Crippen LogP contribution < -0.4 is 20.2 Å². The Bertz CT molecular complexity index is 1440. The Kier molecular flexibility index (Phi) is 10.4. The van der Waals surface area contributed by atoms with Gasteiger partial charge in [-0.3, -0.25) is 9.79 Å². The first kappa shape index (κ1) is 29.4.